The molecular weight excluding hydrogens is 452 g/mol. The Kier molecular flexibility index (Phi) is 7.54. The number of ether oxygens (including phenoxy) is 4. The molecule has 8 nitrogen and oxygen atoms in total. The Morgan fingerprint density at radius 1 is 0.600 bits per heavy atom. The first-order valence-electron chi connectivity index (χ1n) is 11.1. The smallest absolute Gasteiger partial charge is 0.338 e. The van der Waals surface area contributed by atoms with Crippen molar-refractivity contribution in [3.63, 3.8) is 0 Å². The average molecular weight is 476 g/mol. The first-order valence-corrected chi connectivity index (χ1v) is 11.1. The number of rotatable bonds is 6. The highest BCUT2D eigenvalue weighted by atomic mass is 16.7. The summed E-state index contributed by atoms with van der Waals surface area (Å²) in [6.07, 6.45) is -6.48. The zero-order valence-electron chi connectivity index (χ0n) is 18.9. The molecule has 0 radical (unpaired) electrons. The summed E-state index contributed by atoms with van der Waals surface area (Å²) in [4.78, 5) is 38.5. The summed E-state index contributed by atoms with van der Waals surface area (Å²) in [7, 11) is 0. The van der Waals surface area contributed by atoms with Gasteiger partial charge in [0.05, 0.1) is 22.8 Å². The second kappa shape index (κ2) is 10.9. The van der Waals surface area contributed by atoms with E-state index >= 15 is 0 Å². The summed E-state index contributed by atoms with van der Waals surface area (Å²) in [5.74, 6) is -2.18. The van der Waals surface area contributed by atoms with E-state index in [2.05, 4.69) is 0 Å². The van der Waals surface area contributed by atoms with Crippen molar-refractivity contribution in [2.24, 2.45) is 0 Å². The van der Waals surface area contributed by atoms with E-state index in [-0.39, 0.29) is 16.7 Å². The molecule has 35 heavy (non-hydrogen) atoms. The molecule has 0 unspecified atom stereocenters. The van der Waals surface area contributed by atoms with Crippen molar-refractivity contribution in [3.05, 3.63) is 108 Å². The first kappa shape index (κ1) is 24.1. The number of aliphatic hydroxyl groups is 1. The normalized spacial score (nSPS) is 23.7. The van der Waals surface area contributed by atoms with Gasteiger partial charge in [0.2, 0.25) is 0 Å². The average Bonchev–Trinajstić information content (AvgIpc) is 2.89. The maximum Gasteiger partial charge on any atom is 0.338 e. The summed E-state index contributed by atoms with van der Waals surface area (Å²) < 4.78 is 22.4. The quantitative estimate of drug-likeness (QED) is 0.426. The molecule has 1 saturated heterocycles. The van der Waals surface area contributed by atoms with Crippen LogP contribution in [0.2, 0.25) is 0 Å². The Balaban J connectivity index is 1.63. The number of esters is 3. The monoisotopic (exact) mass is 476 g/mol. The maximum atomic E-state index is 12.9. The van der Waals surface area contributed by atoms with Gasteiger partial charge < -0.3 is 24.1 Å². The molecule has 8 heteroatoms. The van der Waals surface area contributed by atoms with Crippen LogP contribution in [0.3, 0.4) is 0 Å². The Morgan fingerprint density at radius 3 is 1.34 bits per heavy atom. The van der Waals surface area contributed by atoms with Crippen molar-refractivity contribution in [1.29, 1.82) is 0 Å². The highest BCUT2D eigenvalue weighted by molar-refractivity contribution is 5.91. The van der Waals surface area contributed by atoms with Crippen molar-refractivity contribution >= 4 is 17.9 Å². The molecule has 3 aromatic carbocycles. The van der Waals surface area contributed by atoms with E-state index in [0.717, 1.165) is 0 Å². The number of hydrogen-bond acceptors (Lipinski definition) is 8. The van der Waals surface area contributed by atoms with E-state index in [9.17, 15) is 19.5 Å². The van der Waals surface area contributed by atoms with Crippen LogP contribution in [0.1, 0.15) is 38.0 Å². The van der Waals surface area contributed by atoms with E-state index in [0.29, 0.717) is 0 Å². The molecule has 3 aromatic rings. The number of aliphatic hydroxyl groups excluding tert-OH is 1. The lowest BCUT2D eigenvalue weighted by molar-refractivity contribution is -0.275. The third kappa shape index (κ3) is 5.74. The number of carbonyl (C=O) groups is 3. The van der Waals surface area contributed by atoms with Gasteiger partial charge in [-0.1, -0.05) is 54.6 Å². The van der Waals surface area contributed by atoms with E-state index in [1.54, 1.807) is 97.9 Å². The van der Waals surface area contributed by atoms with Crippen LogP contribution in [0.4, 0.5) is 0 Å². The van der Waals surface area contributed by atoms with E-state index in [4.69, 9.17) is 18.9 Å². The topological polar surface area (TPSA) is 108 Å². The lowest BCUT2D eigenvalue weighted by atomic mass is 9.98. The van der Waals surface area contributed by atoms with Crippen LogP contribution in [-0.4, -0.2) is 53.7 Å². The van der Waals surface area contributed by atoms with Crippen LogP contribution in [0.5, 0.6) is 0 Å². The van der Waals surface area contributed by atoms with Crippen LogP contribution < -0.4 is 0 Å². The Labute approximate surface area is 202 Å². The zero-order chi connectivity index (χ0) is 24.8. The molecule has 1 N–H and O–H groups in total. The minimum atomic E-state index is -1.63. The van der Waals surface area contributed by atoms with Crippen molar-refractivity contribution in [3.8, 4) is 0 Å². The third-order valence-electron chi connectivity index (χ3n) is 5.50. The zero-order valence-corrected chi connectivity index (χ0v) is 18.9. The summed E-state index contributed by atoms with van der Waals surface area (Å²) >= 11 is 0. The Morgan fingerprint density at radius 2 is 0.943 bits per heavy atom. The largest absolute Gasteiger partial charge is 0.452 e. The summed E-state index contributed by atoms with van der Waals surface area (Å²) in [6, 6.07) is 24.6. The Hall–Kier alpha value is -4.01. The van der Waals surface area contributed by atoms with Crippen LogP contribution in [0.15, 0.2) is 91.0 Å². The molecule has 1 heterocycles. The van der Waals surface area contributed by atoms with Crippen molar-refractivity contribution in [2.45, 2.75) is 37.6 Å². The number of benzene rings is 3. The van der Waals surface area contributed by atoms with Crippen LogP contribution >= 0.6 is 0 Å². The van der Waals surface area contributed by atoms with Gasteiger partial charge >= 0.3 is 17.9 Å². The van der Waals surface area contributed by atoms with Crippen molar-refractivity contribution in [1.82, 2.24) is 0 Å². The molecule has 5 atom stereocenters. The van der Waals surface area contributed by atoms with Crippen molar-refractivity contribution in [2.75, 3.05) is 0 Å². The van der Waals surface area contributed by atoms with Crippen LogP contribution in [0, 0.1) is 0 Å². The van der Waals surface area contributed by atoms with E-state index in [1.165, 1.54) is 0 Å². The second-order valence-electron chi connectivity index (χ2n) is 7.94. The van der Waals surface area contributed by atoms with Gasteiger partial charge in [-0.25, -0.2) is 14.4 Å². The lowest BCUT2D eigenvalue weighted by Crippen LogP contribution is -2.60. The highest BCUT2D eigenvalue weighted by Gasteiger charge is 2.50. The summed E-state index contributed by atoms with van der Waals surface area (Å²) in [5, 5.41) is 10.6. The molecular formula is C27H24O8. The second-order valence-corrected chi connectivity index (χ2v) is 7.94. The molecule has 4 rings (SSSR count). The highest BCUT2D eigenvalue weighted by Crippen LogP contribution is 2.29. The Bertz CT molecular complexity index is 1080. The molecule has 0 aliphatic carbocycles. The molecule has 1 fully saturated rings. The van der Waals surface area contributed by atoms with Gasteiger partial charge in [0, 0.05) is 0 Å². The molecule has 0 saturated carbocycles. The van der Waals surface area contributed by atoms with Gasteiger partial charge in [-0.15, -0.1) is 0 Å². The molecule has 0 bridgehead atoms. The maximum absolute atomic E-state index is 12.9. The standard InChI is InChI=1S/C27H24O8/c1-17-21(33-24(28)18-11-5-2-6-12-18)22(34-25(29)19-13-7-3-8-14-19)23(27(31)32-17)35-26(30)20-15-9-4-10-16-20/h2-17,21-23,27,31H,1H3/t17-,21+,22+,23+,27-/m1/s1. The van der Waals surface area contributed by atoms with Gasteiger partial charge in [-0.2, -0.15) is 0 Å². The summed E-state index contributed by atoms with van der Waals surface area (Å²) in [5.41, 5.74) is 0.739. The molecule has 0 amide bonds. The molecule has 180 valence electrons. The van der Waals surface area contributed by atoms with E-state index < -0.39 is 48.6 Å². The lowest BCUT2D eigenvalue weighted by Gasteiger charge is -2.42. The predicted octanol–water partition coefficient (Wildman–Crippen LogP) is 3.40. The molecule has 1 aliphatic heterocycles. The van der Waals surface area contributed by atoms with Crippen LogP contribution in [-0.2, 0) is 18.9 Å². The van der Waals surface area contributed by atoms with Gasteiger partial charge in [0.25, 0.3) is 0 Å². The third-order valence-corrected chi connectivity index (χ3v) is 5.50. The fourth-order valence-corrected chi connectivity index (χ4v) is 3.71. The van der Waals surface area contributed by atoms with E-state index in [1.807, 2.05) is 0 Å². The number of hydrogen-bond donors (Lipinski definition) is 1. The fraction of sp³-hybridized carbons (Fsp3) is 0.222. The fourth-order valence-electron chi connectivity index (χ4n) is 3.71. The summed E-state index contributed by atoms with van der Waals surface area (Å²) in [6.45, 7) is 1.56. The SMILES string of the molecule is C[C@H]1O[C@@H](O)[C@@H](OC(=O)c2ccccc2)[C@@H](OC(=O)c2ccccc2)[C@H]1OC(=O)c1ccccc1. The first-order chi connectivity index (χ1) is 16.9. The number of carbonyl (C=O) groups excluding carboxylic acids is 3. The molecule has 1 aliphatic rings. The van der Waals surface area contributed by atoms with Gasteiger partial charge in [-0.3, -0.25) is 0 Å². The van der Waals surface area contributed by atoms with Crippen LogP contribution in [0.25, 0.3) is 0 Å². The molecule has 0 spiro atoms. The van der Waals surface area contributed by atoms with Gasteiger partial charge in [-0.05, 0) is 43.3 Å². The van der Waals surface area contributed by atoms with Crippen molar-refractivity contribution < 1.29 is 38.4 Å². The minimum absolute atomic E-state index is 0.226. The predicted molar refractivity (Wildman–Crippen MR) is 123 cm³/mol. The van der Waals surface area contributed by atoms with Gasteiger partial charge in [0.1, 0.15) is 0 Å². The minimum Gasteiger partial charge on any atom is -0.452 e. The van der Waals surface area contributed by atoms with Gasteiger partial charge in [0.15, 0.2) is 24.6 Å². The molecule has 0 aromatic heterocycles.